The highest BCUT2D eigenvalue weighted by Crippen LogP contribution is 2.36. The fraction of sp³-hybridized carbons (Fsp3) is 0.0213. The first-order valence-electron chi connectivity index (χ1n) is 17.1. The highest BCUT2D eigenvalue weighted by Gasteiger charge is 2.17. The zero-order valence-corrected chi connectivity index (χ0v) is 27.8. The first-order valence-corrected chi connectivity index (χ1v) is 17.1. The summed E-state index contributed by atoms with van der Waals surface area (Å²) in [5.74, 6) is 0.962. The lowest BCUT2D eigenvalue weighted by atomic mass is 9.98. The van der Waals surface area contributed by atoms with Gasteiger partial charge in [0.15, 0.2) is 5.84 Å². The van der Waals surface area contributed by atoms with Gasteiger partial charge in [-0.2, -0.15) is 0 Å². The lowest BCUT2D eigenvalue weighted by Gasteiger charge is -2.09. The minimum absolute atomic E-state index is 0.406. The molecule has 9 rings (SSSR count). The first-order chi connectivity index (χ1) is 25.2. The van der Waals surface area contributed by atoms with E-state index in [4.69, 9.17) is 20.1 Å². The van der Waals surface area contributed by atoms with Gasteiger partial charge in [-0.15, -0.1) is 0 Å². The zero-order valence-electron chi connectivity index (χ0n) is 27.8. The Bertz CT molecular complexity index is 2760. The third kappa shape index (κ3) is 5.83. The number of nitrogens with zero attached hydrogens (tertiary/aromatic N) is 2. The van der Waals surface area contributed by atoms with E-state index in [1.54, 1.807) is 0 Å². The van der Waals surface area contributed by atoms with Crippen molar-refractivity contribution < 1.29 is 4.42 Å². The van der Waals surface area contributed by atoms with Gasteiger partial charge in [-0.25, -0.2) is 4.99 Å². The summed E-state index contributed by atoms with van der Waals surface area (Å²) < 4.78 is 6.41. The van der Waals surface area contributed by atoms with E-state index in [1.165, 1.54) is 32.7 Å². The van der Waals surface area contributed by atoms with Crippen molar-refractivity contribution in [1.82, 2.24) is 0 Å². The molecule has 0 fully saturated rings. The van der Waals surface area contributed by atoms with E-state index >= 15 is 0 Å². The highest BCUT2D eigenvalue weighted by molar-refractivity contribution is 6.21. The standard InChI is InChI=1S/C47H33N3O/c48-46(36-13-5-2-6-14-36)50-47(49-30-31-18-26-40-38(28-31)24-23-35-12-7-8-15-39(35)40)41-16-9-17-44-45(41)42-29-37(25-27-43(42)51-44)34-21-19-33(20-22-34)32-10-3-1-4-11-32/h1-29H,30H2,(H2,48,49,50). The minimum Gasteiger partial charge on any atom is -0.456 e. The van der Waals surface area contributed by atoms with Crippen LogP contribution in [0.2, 0.25) is 0 Å². The quantitative estimate of drug-likeness (QED) is 0.110. The maximum absolute atomic E-state index is 6.66. The number of nitrogens with two attached hydrogens (primary N) is 1. The molecule has 0 saturated carbocycles. The maximum atomic E-state index is 6.66. The molecule has 0 aliphatic heterocycles. The predicted octanol–water partition coefficient (Wildman–Crippen LogP) is 11.6. The number of hydrogen-bond acceptors (Lipinski definition) is 2. The maximum Gasteiger partial charge on any atom is 0.158 e. The van der Waals surface area contributed by atoms with Crippen LogP contribution >= 0.6 is 0 Å². The number of hydrogen-bond donors (Lipinski definition) is 1. The summed E-state index contributed by atoms with van der Waals surface area (Å²) in [6.07, 6.45) is 0. The number of rotatable bonds is 6. The van der Waals surface area contributed by atoms with Gasteiger partial charge in [0.1, 0.15) is 17.0 Å². The highest BCUT2D eigenvalue weighted by atomic mass is 16.3. The van der Waals surface area contributed by atoms with E-state index in [9.17, 15) is 0 Å². The molecular weight excluding hydrogens is 623 g/mol. The Hall–Kier alpha value is -6.78. The first kappa shape index (κ1) is 30.3. The van der Waals surface area contributed by atoms with Crippen LogP contribution in [0.15, 0.2) is 190 Å². The van der Waals surface area contributed by atoms with Gasteiger partial charge in [-0.05, 0) is 73.6 Å². The molecule has 0 aliphatic rings. The SMILES string of the molecule is NC(=NC(=NCc1ccc2c(ccc3ccccc32)c1)c1cccc2oc3ccc(-c4ccc(-c5ccccc5)cc4)cc3c12)c1ccccc1. The second-order valence-corrected chi connectivity index (χ2v) is 12.8. The molecule has 0 amide bonds. The largest absolute Gasteiger partial charge is 0.456 e. The van der Waals surface area contributed by atoms with Gasteiger partial charge in [0.2, 0.25) is 0 Å². The molecule has 4 nitrogen and oxygen atoms in total. The zero-order chi connectivity index (χ0) is 34.1. The van der Waals surface area contributed by atoms with Crippen LogP contribution in [0.4, 0.5) is 0 Å². The Morgan fingerprint density at radius 2 is 1.16 bits per heavy atom. The van der Waals surface area contributed by atoms with Gasteiger partial charge in [0, 0.05) is 21.9 Å². The smallest absolute Gasteiger partial charge is 0.158 e. The minimum atomic E-state index is 0.406. The Morgan fingerprint density at radius 1 is 0.490 bits per heavy atom. The van der Waals surface area contributed by atoms with Crippen molar-refractivity contribution in [1.29, 1.82) is 0 Å². The monoisotopic (exact) mass is 655 g/mol. The second kappa shape index (κ2) is 12.9. The van der Waals surface area contributed by atoms with E-state index in [0.29, 0.717) is 18.2 Å². The van der Waals surface area contributed by atoms with Crippen LogP contribution in [0.25, 0.3) is 65.7 Å². The Kier molecular flexibility index (Phi) is 7.67. The van der Waals surface area contributed by atoms with Crippen molar-refractivity contribution in [3.63, 3.8) is 0 Å². The lowest BCUT2D eigenvalue weighted by Crippen LogP contribution is -2.16. The normalized spacial score (nSPS) is 12.3. The van der Waals surface area contributed by atoms with Crippen LogP contribution in [0.1, 0.15) is 16.7 Å². The van der Waals surface area contributed by atoms with Crippen molar-refractivity contribution in [2.24, 2.45) is 15.7 Å². The van der Waals surface area contributed by atoms with Crippen LogP contribution in [-0.2, 0) is 6.54 Å². The Balaban J connectivity index is 1.15. The van der Waals surface area contributed by atoms with Crippen LogP contribution in [-0.4, -0.2) is 11.7 Å². The van der Waals surface area contributed by atoms with E-state index in [1.807, 2.05) is 48.5 Å². The summed E-state index contributed by atoms with van der Waals surface area (Å²) in [5, 5.41) is 6.86. The van der Waals surface area contributed by atoms with Gasteiger partial charge in [-0.1, -0.05) is 152 Å². The molecule has 8 aromatic carbocycles. The summed E-state index contributed by atoms with van der Waals surface area (Å²) in [6.45, 7) is 0.439. The van der Waals surface area contributed by atoms with Crippen molar-refractivity contribution in [3.05, 3.63) is 193 Å². The van der Waals surface area contributed by atoms with Gasteiger partial charge in [0.25, 0.3) is 0 Å². The summed E-state index contributed by atoms with van der Waals surface area (Å²) in [6, 6.07) is 60.8. The molecule has 0 bridgehead atoms. The molecule has 2 N–H and O–H groups in total. The number of aliphatic imine (C=N–C) groups is 2. The molecule has 0 aliphatic carbocycles. The van der Waals surface area contributed by atoms with Crippen LogP contribution in [0.5, 0.6) is 0 Å². The number of benzene rings is 8. The van der Waals surface area contributed by atoms with E-state index in [0.717, 1.165) is 49.8 Å². The molecule has 0 unspecified atom stereocenters. The topological polar surface area (TPSA) is 63.9 Å². The van der Waals surface area contributed by atoms with Gasteiger partial charge in [0.05, 0.1) is 6.54 Å². The number of fused-ring (bicyclic) bond motifs is 6. The van der Waals surface area contributed by atoms with Crippen LogP contribution < -0.4 is 5.73 Å². The second-order valence-electron chi connectivity index (χ2n) is 12.8. The summed E-state index contributed by atoms with van der Waals surface area (Å²) >= 11 is 0. The van der Waals surface area contributed by atoms with Crippen LogP contribution in [0.3, 0.4) is 0 Å². The van der Waals surface area contributed by atoms with E-state index in [2.05, 4.69) is 127 Å². The Labute approximate surface area is 295 Å². The Morgan fingerprint density at radius 3 is 1.98 bits per heavy atom. The van der Waals surface area contributed by atoms with E-state index in [-0.39, 0.29) is 0 Å². The molecule has 1 heterocycles. The number of furan rings is 1. The molecule has 9 aromatic rings. The summed E-state index contributed by atoms with van der Waals surface area (Å²) in [7, 11) is 0. The molecular formula is C47H33N3O. The molecule has 242 valence electrons. The molecule has 51 heavy (non-hydrogen) atoms. The van der Waals surface area contributed by atoms with Crippen molar-refractivity contribution >= 4 is 55.2 Å². The van der Waals surface area contributed by atoms with E-state index < -0.39 is 0 Å². The molecule has 0 saturated heterocycles. The van der Waals surface area contributed by atoms with Gasteiger partial charge >= 0.3 is 0 Å². The molecule has 0 atom stereocenters. The number of amidine groups is 2. The fourth-order valence-corrected chi connectivity index (χ4v) is 6.97. The van der Waals surface area contributed by atoms with Crippen molar-refractivity contribution in [2.45, 2.75) is 6.54 Å². The average Bonchev–Trinajstić information content (AvgIpc) is 3.58. The van der Waals surface area contributed by atoms with Crippen molar-refractivity contribution in [2.75, 3.05) is 0 Å². The third-order valence-corrected chi connectivity index (χ3v) is 9.58. The summed E-state index contributed by atoms with van der Waals surface area (Å²) in [5.41, 5.74) is 15.7. The molecule has 1 aromatic heterocycles. The molecule has 0 spiro atoms. The molecule has 0 radical (unpaired) electrons. The van der Waals surface area contributed by atoms with Crippen LogP contribution in [0, 0.1) is 0 Å². The molecule has 4 heteroatoms. The van der Waals surface area contributed by atoms with Gasteiger partial charge in [-0.3, -0.25) is 4.99 Å². The van der Waals surface area contributed by atoms with Gasteiger partial charge < -0.3 is 10.2 Å². The predicted molar refractivity (Wildman–Crippen MR) is 213 cm³/mol. The fourth-order valence-electron chi connectivity index (χ4n) is 6.97. The summed E-state index contributed by atoms with van der Waals surface area (Å²) in [4.78, 5) is 10.2. The third-order valence-electron chi connectivity index (χ3n) is 9.58. The van der Waals surface area contributed by atoms with Crippen molar-refractivity contribution in [3.8, 4) is 22.3 Å². The average molecular weight is 656 g/mol. The lowest BCUT2D eigenvalue weighted by molar-refractivity contribution is 0.669.